The second kappa shape index (κ2) is 19.0. The molecule has 11 heteroatoms. The quantitative estimate of drug-likeness (QED) is 0.112. The van der Waals surface area contributed by atoms with Crippen LogP contribution in [0.25, 0.3) is 22.0 Å². The van der Waals surface area contributed by atoms with Crippen LogP contribution < -0.4 is 4.74 Å². The van der Waals surface area contributed by atoms with E-state index < -0.39 is 17.5 Å². The zero-order valence-corrected chi connectivity index (χ0v) is 35.3. The monoisotopic (exact) mass is 806 g/mol. The van der Waals surface area contributed by atoms with Crippen LogP contribution in [0, 0.1) is 11.8 Å². The van der Waals surface area contributed by atoms with Gasteiger partial charge in [0.15, 0.2) is 0 Å². The molecule has 3 aromatic carbocycles. The van der Waals surface area contributed by atoms with Gasteiger partial charge >= 0.3 is 12.1 Å². The number of aryl methyl sites for hydroxylation is 1. The van der Waals surface area contributed by atoms with Crippen LogP contribution in [0.1, 0.15) is 82.8 Å². The number of nitrogens with zero attached hydrogens (tertiary/aromatic N) is 4. The third-order valence-electron chi connectivity index (χ3n) is 12.1. The number of likely N-dealkylation sites (tertiary alicyclic amines) is 2. The Balaban J connectivity index is 1.07. The number of methoxy groups -OCH3 is 1. The summed E-state index contributed by atoms with van der Waals surface area (Å²) in [4.78, 5) is 46.0. The van der Waals surface area contributed by atoms with E-state index in [0.29, 0.717) is 52.1 Å². The number of piperidine rings is 2. The van der Waals surface area contributed by atoms with Gasteiger partial charge in [-0.05, 0) is 125 Å². The second-order valence-electron chi connectivity index (χ2n) is 17.6. The minimum absolute atomic E-state index is 0.0738. The van der Waals surface area contributed by atoms with E-state index in [1.54, 1.807) is 12.0 Å². The van der Waals surface area contributed by atoms with Crippen molar-refractivity contribution < 1.29 is 33.7 Å². The first-order chi connectivity index (χ1) is 28.5. The van der Waals surface area contributed by atoms with E-state index in [4.69, 9.17) is 14.2 Å². The molecule has 0 unspecified atom stereocenters. The highest BCUT2D eigenvalue weighted by molar-refractivity contribution is 5.86. The van der Waals surface area contributed by atoms with Gasteiger partial charge in [0.1, 0.15) is 11.4 Å². The molecule has 4 aromatic rings. The molecular weight excluding hydrogens is 745 g/mol. The molecule has 59 heavy (non-hydrogen) atoms. The van der Waals surface area contributed by atoms with E-state index in [-0.39, 0.29) is 29.9 Å². The largest absolute Gasteiger partial charge is 0.494 e. The topological polar surface area (TPSA) is 114 Å². The van der Waals surface area contributed by atoms with Gasteiger partial charge in [-0.1, -0.05) is 54.6 Å². The van der Waals surface area contributed by atoms with Gasteiger partial charge in [0.25, 0.3) is 0 Å². The lowest BCUT2D eigenvalue weighted by Gasteiger charge is -2.40. The maximum absolute atomic E-state index is 15.1. The predicted octanol–water partition coefficient (Wildman–Crippen LogP) is 8.44. The van der Waals surface area contributed by atoms with Crippen LogP contribution in [0.5, 0.6) is 5.75 Å². The van der Waals surface area contributed by atoms with Gasteiger partial charge in [0.05, 0.1) is 18.4 Å². The molecule has 1 aliphatic carbocycles. The van der Waals surface area contributed by atoms with Crippen molar-refractivity contribution in [1.82, 2.24) is 19.3 Å². The van der Waals surface area contributed by atoms with Crippen molar-refractivity contribution in [2.24, 2.45) is 11.8 Å². The van der Waals surface area contributed by atoms with Crippen molar-refractivity contribution in [3.05, 3.63) is 90.1 Å². The highest BCUT2D eigenvalue weighted by atomic mass is 16.6. The van der Waals surface area contributed by atoms with E-state index in [2.05, 4.69) is 81.2 Å². The van der Waals surface area contributed by atoms with Gasteiger partial charge in [0.2, 0.25) is 5.91 Å². The Kier molecular flexibility index (Phi) is 13.6. The van der Waals surface area contributed by atoms with Gasteiger partial charge in [-0.15, -0.1) is 0 Å². The number of carbonyl (C=O) groups is 3. The maximum Gasteiger partial charge on any atom is 0.410 e. The van der Waals surface area contributed by atoms with E-state index in [0.717, 1.165) is 90.8 Å². The van der Waals surface area contributed by atoms with Crippen molar-refractivity contribution in [3.8, 4) is 16.9 Å². The van der Waals surface area contributed by atoms with Crippen LogP contribution in [0.4, 0.5) is 4.79 Å². The highest BCUT2D eigenvalue weighted by Crippen LogP contribution is 2.40. The number of carbonyl (C=O) groups excluding carboxylic acids is 2. The zero-order valence-electron chi connectivity index (χ0n) is 35.3. The van der Waals surface area contributed by atoms with Gasteiger partial charge in [-0.3, -0.25) is 9.59 Å². The molecule has 2 amide bonds. The number of rotatable bonds is 16. The lowest BCUT2D eigenvalue weighted by molar-refractivity contribution is -0.143. The average molecular weight is 807 g/mol. The molecule has 1 N–H and O–H groups in total. The Bertz CT molecular complexity index is 2040. The number of amides is 2. The number of hydrogen-bond acceptors (Lipinski definition) is 7. The highest BCUT2D eigenvalue weighted by Gasteiger charge is 2.43. The summed E-state index contributed by atoms with van der Waals surface area (Å²) in [6.45, 7) is 11.6. The Morgan fingerprint density at radius 3 is 2.29 bits per heavy atom. The summed E-state index contributed by atoms with van der Waals surface area (Å²) >= 11 is 0. The number of hydrogen-bond donors (Lipinski definition) is 1. The first-order valence-electron chi connectivity index (χ1n) is 21.6. The van der Waals surface area contributed by atoms with E-state index in [1.807, 2.05) is 32.9 Å². The predicted molar refractivity (Wildman–Crippen MR) is 229 cm³/mol. The molecule has 11 nitrogen and oxygen atoms in total. The first kappa shape index (κ1) is 42.3. The molecule has 3 heterocycles. The van der Waals surface area contributed by atoms with Crippen molar-refractivity contribution in [3.63, 3.8) is 0 Å². The minimum Gasteiger partial charge on any atom is -0.494 e. The Morgan fingerprint density at radius 1 is 0.831 bits per heavy atom. The van der Waals surface area contributed by atoms with Crippen LogP contribution >= 0.6 is 0 Å². The number of ether oxygens (including phenoxy) is 3. The standard InChI is InChI=1S/C48H62N4O7/c1-48(2,3)59-47(56)51-27-22-41(43(33-51)45(53)52(39-16-17-39)32-38-31-50(24-9-28-57-4)44-13-6-5-12-42(38)44)37-11-7-10-36(30-37)34-14-18-40(19-15-34)58-29-8-23-49-25-20-35(21-26-49)46(54)55/h5-7,10-15,18-19,30-31,35,39,41,43H,8-9,16-17,20-29,32-33H2,1-4H3,(H,54,55)/t41-,43+/m1/s1. The van der Waals surface area contributed by atoms with Crippen LogP contribution in [0.3, 0.4) is 0 Å². The number of aliphatic carboxylic acids is 1. The molecule has 0 radical (unpaired) electrons. The smallest absolute Gasteiger partial charge is 0.410 e. The van der Waals surface area contributed by atoms with Crippen LogP contribution in [0.2, 0.25) is 0 Å². The number of carboxylic acids is 1. The van der Waals surface area contributed by atoms with E-state index in [1.165, 1.54) is 0 Å². The molecular formula is C48H62N4O7. The summed E-state index contributed by atoms with van der Waals surface area (Å²) in [7, 11) is 1.73. The molecule has 0 bridgehead atoms. The van der Waals surface area contributed by atoms with Crippen LogP contribution in [-0.2, 0) is 32.2 Å². The summed E-state index contributed by atoms with van der Waals surface area (Å²) in [6.07, 6.45) is 7.66. The average Bonchev–Trinajstić information content (AvgIpc) is 4.02. The maximum atomic E-state index is 15.1. The molecule has 0 spiro atoms. The lowest BCUT2D eigenvalue weighted by atomic mass is 9.79. The van der Waals surface area contributed by atoms with Crippen LogP contribution in [-0.4, -0.2) is 107 Å². The number of fused-ring (bicyclic) bond motifs is 1. The number of para-hydroxylation sites is 1. The fourth-order valence-electron chi connectivity index (χ4n) is 8.85. The summed E-state index contributed by atoms with van der Waals surface area (Å²) < 4.78 is 19.5. The number of benzene rings is 3. The first-order valence-corrected chi connectivity index (χ1v) is 21.6. The second-order valence-corrected chi connectivity index (χ2v) is 17.6. The van der Waals surface area contributed by atoms with Gasteiger partial charge < -0.3 is 38.6 Å². The number of carboxylic acid groups (broad SMARTS) is 1. The molecule has 3 fully saturated rings. The van der Waals surface area contributed by atoms with Gasteiger partial charge in [-0.2, -0.15) is 0 Å². The Labute approximate surface area is 349 Å². The summed E-state index contributed by atoms with van der Waals surface area (Å²) in [6, 6.07) is 25.3. The van der Waals surface area contributed by atoms with Crippen molar-refractivity contribution in [2.45, 2.75) is 96.4 Å². The third-order valence-corrected chi connectivity index (χ3v) is 12.1. The van der Waals surface area contributed by atoms with E-state index in [9.17, 15) is 14.7 Å². The Morgan fingerprint density at radius 2 is 1.58 bits per heavy atom. The molecule has 1 aromatic heterocycles. The fraction of sp³-hybridized carbons (Fsp3) is 0.521. The van der Waals surface area contributed by atoms with Gasteiger partial charge in [0, 0.05) is 69.6 Å². The van der Waals surface area contributed by atoms with Crippen molar-refractivity contribution >= 4 is 28.9 Å². The summed E-state index contributed by atoms with van der Waals surface area (Å²) in [5, 5.41) is 10.4. The molecule has 2 saturated heterocycles. The molecule has 1 saturated carbocycles. The van der Waals surface area contributed by atoms with E-state index >= 15 is 4.79 Å². The normalized spacial score (nSPS) is 19.2. The van der Waals surface area contributed by atoms with Crippen LogP contribution in [0.15, 0.2) is 79.0 Å². The lowest BCUT2D eigenvalue weighted by Crippen LogP contribution is -2.51. The summed E-state index contributed by atoms with van der Waals surface area (Å²) in [5.74, 6) is -0.489. The summed E-state index contributed by atoms with van der Waals surface area (Å²) in [5.41, 5.74) is 4.90. The molecule has 7 rings (SSSR count). The number of aromatic nitrogens is 1. The molecule has 2 aliphatic heterocycles. The minimum atomic E-state index is -0.680. The van der Waals surface area contributed by atoms with Crippen molar-refractivity contribution in [2.75, 3.05) is 53.0 Å². The molecule has 3 aliphatic rings. The molecule has 2 atom stereocenters. The SMILES string of the molecule is COCCCn1cc(CN(C(=O)[C@H]2CN(C(=O)OC(C)(C)C)CC[C@@H]2c2cccc(-c3ccc(OCCCN4CCC(C(=O)O)CC4)cc3)c2)C2CC2)c2ccccc21. The Hall–Kier alpha value is -4.87. The fourth-order valence-corrected chi connectivity index (χ4v) is 8.85. The van der Waals surface area contributed by atoms with Crippen molar-refractivity contribution in [1.29, 1.82) is 0 Å². The zero-order chi connectivity index (χ0) is 41.5. The van der Waals surface area contributed by atoms with Gasteiger partial charge in [-0.25, -0.2) is 4.79 Å². The molecule has 316 valence electrons. The third kappa shape index (κ3) is 10.9.